The van der Waals surface area contributed by atoms with Gasteiger partial charge in [-0.2, -0.15) is 5.21 Å². The fraction of sp³-hybridized carbons (Fsp3) is 0.444. The Kier molecular flexibility index (Phi) is 5.29. The second kappa shape index (κ2) is 8.01. The second-order valence-electron chi connectivity index (χ2n) is 6.53. The molecule has 2 aromatic heterocycles. The molecule has 9 nitrogen and oxygen atoms in total. The van der Waals surface area contributed by atoms with Crippen LogP contribution in [-0.4, -0.2) is 46.9 Å². The van der Waals surface area contributed by atoms with Crippen molar-refractivity contribution >= 4 is 33.3 Å². The first-order valence-electron chi connectivity index (χ1n) is 9.09. The first-order valence-corrected chi connectivity index (χ1v) is 9.91. The Morgan fingerprint density at radius 1 is 1.18 bits per heavy atom. The number of hydrogen-bond donors (Lipinski definition) is 2. The molecule has 28 heavy (non-hydrogen) atoms. The summed E-state index contributed by atoms with van der Waals surface area (Å²) in [4.78, 5) is 13.3. The molecule has 1 amide bonds. The summed E-state index contributed by atoms with van der Waals surface area (Å²) < 4.78 is 18.1. The fourth-order valence-corrected chi connectivity index (χ4v) is 4.43. The molecule has 0 saturated heterocycles. The molecule has 1 aliphatic rings. The predicted octanol–water partition coefficient (Wildman–Crippen LogP) is 3.40. The number of nitrogens with one attached hydrogen (secondary N) is 2. The molecule has 1 aromatic carbocycles. The van der Waals surface area contributed by atoms with Crippen LogP contribution in [-0.2, 0) is 0 Å². The minimum atomic E-state index is -0.341. The molecular formula is C18H21N5O4S. The van der Waals surface area contributed by atoms with E-state index < -0.39 is 0 Å². The highest BCUT2D eigenvalue weighted by atomic mass is 32.1. The first-order chi connectivity index (χ1) is 13.7. The number of hydrogen-bond acceptors (Lipinski definition) is 8. The van der Waals surface area contributed by atoms with Gasteiger partial charge in [0, 0.05) is 16.2 Å². The number of anilines is 1. The van der Waals surface area contributed by atoms with Gasteiger partial charge in [-0.15, -0.1) is 16.4 Å². The third kappa shape index (κ3) is 3.59. The SMILES string of the molecule is COc1cc2sc(C(=O)Nc3nn[nH]n3)c(OC3CCCCC3)c2cc1OC. The zero-order valence-corrected chi connectivity index (χ0v) is 16.5. The largest absolute Gasteiger partial charge is 0.493 e. The Bertz CT molecular complexity index is 966. The number of benzene rings is 1. The number of carbonyl (C=O) groups is 1. The van der Waals surface area contributed by atoms with Crippen LogP contribution in [0.3, 0.4) is 0 Å². The first kappa shape index (κ1) is 18.5. The van der Waals surface area contributed by atoms with E-state index in [2.05, 4.69) is 25.9 Å². The maximum absolute atomic E-state index is 12.9. The fourth-order valence-electron chi connectivity index (χ4n) is 3.39. The van der Waals surface area contributed by atoms with Crippen molar-refractivity contribution in [1.29, 1.82) is 0 Å². The van der Waals surface area contributed by atoms with Crippen molar-refractivity contribution in [3.63, 3.8) is 0 Å². The van der Waals surface area contributed by atoms with Crippen molar-refractivity contribution in [3.8, 4) is 17.2 Å². The van der Waals surface area contributed by atoms with E-state index in [9.17, 15) is 4.79 Å². The van der Waals surface area contributed by atoms with Crippen LogP contribution >= 0.6 is 11.3 Å². The summed E-state index contributed by atoms with van der Waals surface area (Å²) in [5.41, 5.74) is 0. The minimum Gasteiger partial charge on any atom is -0.493 e. The van der Waals surface area contributed by atoms with Crippen molar-refractivity contribution in [2.24, 2.45) is 0 Å². The molecule has 0 spiro atoms. The Labute approximate surface area is 165 Å². The van der Waals surface area contributed by atoms with Crippen LogP contribution in [0.4, 0.5) is 5.95 Å². The van der Waals surface area contributed by atoms with Gasteiger partial charge in [0.05, 0.1) is 20.3 Å². The van der Waals surface area contributed by atoms with Crippen LogP contribution in [0.15, 0.2) is 12.1 Å². The lowest BCUT2D eigenvalue weighted by Gasteiger charge is -2.23. The van der Waals surface area contributed by atoms with Gasteiger partial charge in [0.15, 0.2) is 17.2 Å². The number of tetrazole rings is 1. The zero-order chi connectivity index (χ0) is 19.5. The van der Waals surface area contributed by atoms with Gasteiger partial charge < -0.3 is 14.2 Å². The number of thiophene rings is 1. The van der Waals surface area contributed by atoms with E-state index in [1.54, 1.807) is 14.2 Å². The number of ether oxygens (including phenoxy) is 3. The average Bonchev–Trinajstić information content (AvgIpc) is 3.35. The van der Waals surface area contributed by atoms with Crippen molar-refractivity contribution < 1.29 is 19.0 Å². The Hall–Kier alpha value is -2.88. The van der Waals surface area contributed by atoms with Gasteiger partial charge in [-0.1, -0.05) is 11.5 Å². The van der Waals surface area contributed by atoms with E-state index in [-0.39, 0.29) is 18.0 Å². The van der Waals surface area contributed by atoms with Crippen LogP contribution in [0.5, 0.6) is 17.2 Å². The number of rotatable bonds is 6. The van der Waals surface area contributed by atoms with Crippen molar-refractivity contribution in [1.82, 2.24) is 20.6 Å². The number of methoxy groups -OCH3 is 2. The van der Waals surface area contributed by atoms with E-state index in [1.165, 1.54) is 17.8 Å². The van der Waals surface area contributed by atoms with Crippen LogP contribution in [0.1, 0.15) is 41.8 Å². The van der Waals surface area contributed by atoms with Gasteiger partial charge in [-0.25, -0.2) is 0 Å². The molecular weight excluding hydrogens is 382 g/mol. The topological polar surface area (TPSA) is 111 Å². The van der Waals surface area contributed by atoms with E-state index in [4.69, 9.17) is 14.2 Å². The lowest BCUT2D eigenvalue weighted by Crippen LogP contribution is -2.21. The minimum absolute atomic E-state index is 0.0939. The number of nitrogens with zero attached hydrogens (tertiary/aromatic N) is 3. The quantitative estimate of drug-likeness (QED) is 0.649. The third-order valence-corrected chi connectivity index (χ3v) is 5.89. The van der Waals surface area contributed by atoms with Gasteiger partial charge in [0.2, 0.25) is 0 Å². The molecule has 4 rings (SSSR count). The van der Waals surface area contributed by atoms with Crippen molar-refractivity contribution in [2.45, 2.75) is 38.2 Å². The van der Waals surface area contributed by atoms with Gasteiger partial charge in [0.25, 0.3) is 11.9 Å². The van der Waals surface area contributed by atoms with Crippen molar-refractivity contribution in [3.05, 3.63) is 17.0 Å². The summed E-state index contributed by atoms with van der Waals surface area (Å²) in [6.45, 7) is 0. The summed E-state index contributed by atoms with van der Waals surface area (Å²) in [5, 5.41) is 16.8. The van der Waals surface area contributed by atoms with Gasteiger partial charge in [0.1, 0.15) is 4.88 Å². The number of carbonyl (C=O) groups excluding carboxylic acids is 1. The van der Waals surface area contributed by atoms with Crippen molar-refractivity contribution in [2.75, 3.05) is 19.5 Å². The molecule has 3 aromatic rings. The number of aromatic nitrogens is 4. The molecule has 2 N–H and O–H groups in total. The summed E-state index contributed by atoms with van der Waals surface area (Å²) >= 11 is 1.33. The second-order valence-corrected chi connectivity index (χ2v) is 7.58. The summed E-state index contributed by atoms with van der Waals surface area (Å²) in [7, 11) is 3.17. The molecule has 1 fully saturated rings. The monoisotopic (exact) mass is 403 g/mol. The normalized spacial score (nSPS) is 14.8. The number of amides is 1. The molecule has 1 aliphatic carbocycles. The summed E-state index contributed by atoms with van der Waals surface area (Å²) in [6.07, 6.45) is 5.55. The summed E-state index contributed by atoms with van der Waals surface area (Å²) in [5.74, 6) is 1.53. The van der Waals surface area contributed by atoms with Gasteiger partial charge >= 0.3 is 0 Å². The lowest BCUT2D eigenvalue weighted by molar-refractivity contribution is 0.101. The van der Waals surface area contributed by atoms with E-state index >= 15 is 0 Å². The molecule has 0 unspecified atom stereocenters. The Morgan fingerprint density at radius 2 is 1.93 bits per heavy atom. The highest BCUT2D eigenvalue weighted by Crippen LogP contribution is 2.44. The number of aromatic amines is 1. The third-order valence-electron chi connectivity index (χ3n) is 4.76. The smallest absolute Gasteiger partial charge is 0.272 e. The predicted molar refractivity (Wildman–Crippen MR) is 105 cm³/mol. The Balaban J connectivity index is 1.76. The van der Waals surface area contributed by atoms with E-state index in [0.29, 0.717) is 22.1 Å². The molecule has 2 heterocycles. The molecule has 0 radical (unpaired) electrons. The highest BCUT2D eigenvalue weighted by Gasteiger charge is 2.26. The molecule has 1 saturated carbocycles. The summed E-state index contributed by atoms with van der Waals surface area (Å²) in [6, 6.07) is 3.71. The lowest BCUT2D eigenvalue weighted by atomic mass is 9.98. The van der Waals surface area contributed by atoms with Gasteiger partial charge in [-0.3, -0.25) is 10.1 Å². The van der Waals surface area contributed by atoms with Crippen LogP contribution in [0.25, 0.3) is 10.1 Å². The maximum Gasteiger partial charge on any atom is 0.272 e. The molecule has 0 aliphatic heterocycles. The molecule has 0 bridgehead atoms. The molecule has 0 atom stereocenters. The van der Waals surface area contributed by atoms with Crippen LogP contribution in [0, 0.1) is 0 Å². The van der Waals surface area contributed by atoms with E-state index in [1.807, 2.05) is 12.1 Å². The standard InChI is InChI=1S/C18H21N5O4S/c1-25-12-8-11-14(9-13(12)26-2)28-16(17(24)19-18-20-22-23-21-18)15(11)27-10-6-4-3-5-7-10/h8-10H,3-7H2,1-2H3,(H2,19,20,21,22,23,24). The highest BCUT2D eigenvalue weighted by molar-refractivity contribution is 7.21. The van der Waals surface area contributed by atoms with Crippen LogP contribution < -0.4 is 19.5 Å². The van der Waals surface area contributed by atoms with Crippen LogP contribution in [0.2, 0.25) is 0 Å². The maximum atomic E-state index is 12.9. The Morgan fingerprint density at radius 3 is 2.61 bits per heavy atom. The number of fused-ring (bicyclic) bond motifs is 1. The van der Waals surface area contributed by atoms with Gasteiger partial charge in [-0.05, 0) is 37.0 Å². The average molecular weight is 403 g/mol. The van der Waals surface area contributed by atoms with E-state index in [0.717, 1.165) is 35.8 Å². The zero-order valence-electron chi connectivity index (χ0n) is 15.7. The molecule has 10 heteroatoms. The molecule has 148 valence electrons. The number of H-pyrrole nitrogens is 1.